The van der Waals surface area contributed by atoms with Crippen LogP contribution in [0.5, 0.6) is 5.75 Å². The van der Waals surface area contributed by atoms with Gasteiger partial charge in [-0.25, -0.2) is 4.79 Å². The Hall–Kier alpha value is -3.11. The molecule has 1 aliphatic heterocycles. The standard InChI is InChI=1S/C23H33N5O5/c1-13-10-24-14(2)12-32-19-8-7-17(9-18(19)22(29)28(5)11-20(13)31-6)25-23(30)26-21-15(3)27-33-16(21)4/h7-9,13-14,20,24H,10-12H2,1-6H3,(H2,25,26,30)/t13-,14-,20+/m0/s1. The number of amides is 3. The number of carbonyl (C=O) groups excluding carboxylic acids is 2. The highest BCUT2D eigenvalue weighted by molar-refractivity contribution is 6.02. The fourth-order valence-corrected chi connectivity index (χ4v) is 3.68. The molecule has 0 saturated heterocycles. The molecule has 0 bridgehead atoms. The van der Waals surface area contributed by atoms with Crippen molar-refractivity contribution in [1.82, 2.24) is 15.4 Å². The van der Waals surface area contributed by atoms with E-state index in [2.05, 4.69) is 28.0 Å². The van der Waals surface area contributed by atoms with Crippen molar-refractivity contribution in [2.24, 2.45) is 5.92 Å². The molecule has 0 fully saturated rings. The number of anilines is 2. The van der Waals surface area contributed by atoms with Crippen molar-refractivity contribution in [3.8, 4) is 5.75 Å². The molecular formula is C23H33N5O5. The minimum atomic E-state index is -0.467. The fraction of sp³-hybridized carbons (Fsp3) is 0.522. The fourth-order valence-electron chi connectivity index (χ4n) is 3.68. The average Bonchev–Trinajstić information content (AvgIpc) is 3.10. The molecule has 10 nitrogen and oxygen atoms in total. The number of methoxy groups -OCH3 is 1. The summed E-state index contributed by atoms with van der Waals surface area (Å²) in [6, 6.07) is 4.63. The van der Waals surface area contributed by atoms with Gasteiger partial charge in [-0.05, 0) is 44.9 Å². The molecule has 3 rings (SSSR count). The first-order valence-electron chi connectivity index (χ1n) is 11.0. The summed E-state index contributed by atoms with van der Waals surface area (Å²) in [6.45, 7) is 9.15. The lowest BCUT2D eigenvalue weighted by Gasteiger charge is -2.30. The normalized spacial score (nSPS) is 21.9. The number of carbonyl (C=O) groups is 2. The van der Waals surface area contributed by atoms with E-state index in [0.717, 1.165) is 6.54 Å². The SMILES string of the molecule is CO[C@@H]1CN(C)C(=O)c2cc(NC(=O)Nc3c(C)noc3C)ccc2OC[C@H](C)NC[C@@H]1C. The van der Waals surface area contributed by atoms with Crippen LogP contribution in [0.1, 0.15) is 35.7 Å². The predicted molar refractivity (Wildman–Crippen MR) is 125 cm³/mol. The summed E-state index contributed by atoms with van der Waals surface area (Å²) >= 11 is 0. The Morgan fingerprint density at radius 2 is 2.03 bits per heavy atom. The zero-order valence-electron chi connectivity index (χ0n) is 20.0. The smallest absolute Gasteiger partial charge is 0.323 e. The molecule has 0 radical (unpaired) electrons. The van der Waals surface area contributed by atoms with E-state index in [0.29, 0.717) is 47.3 Å². The zero-order valence-corrected chi connectivity index (χ0v) is 20.0. The highest BCUT2D eigenvalue weighted by Gasteiger charge is 2.25. The third-order valence-electron chi connectivity index (χ3n) is 5.75. The van der Waals surface area contributed by atoms with Gasteiger partial charge in [-0.15, -0.1) is 0 Å². The van der Waals surface area contributed by atoms with Crippen molar-refractivity contribution in [3.63, 3.8) is 0 Å². The number of ether oxygens (including phenoxy) is 2. The summed E-state index contributed by atoms with van der Waals surface area (Å²) in [5, 5.41) is 12.8. The molecule has 33 heavy (non-hydrogen) atoms. The number of rotatable bonds is 3. The van der Waals surface area contributed by atoms with Gasteiger partial charge in [0.1, 0.15) is 23.7 Å². The molecule has 0 spiro atoms. The second-order valence-corrected chi connectivity index (χ2v) is 8.55. The Labute approximate surface area is 194 Å². The van der Waals surface area contributed by atoms with Gasteiger partial charge in [0.15, 0.2) is 5.76 Å². The van der Waals surface area contributed by atoms with Crippen LogP contribution in [-0.2, 0) is 4.74 Å². The quantitative estimate of drug-likeness (QED) is 0.646. The molecule has 10 heteroatoms. The molecule has 0 aliphatic carbocycles. The van der Waals surface area contributed by atoms with Crippen LogP contribution in [0.2, 0.25) is 0 Å². The molecule has 0 unspecified atom stereocenters. The topological polar surface area (TPSA) is 118 Å². The number of nitrogens with zero attached hydrogens (tertiary/aromatic N) is 2. The molecular weight excluding hydrogens is 426 g/mol. The Balaban J connectivity index is 1.84. The third-order valence-corrected chi connectivity index (χ3v) is 5.75. The van der Waals surface area contributed by atoms with Crippen molar-refractivity contribution in [2.75, 3.05) is 44.5 Å². The van der Waals surface area contributed by atoms with Crippen LogP contribution in [0.25, 0.3) is 0 Å². The highest BCUT2D eigenvalue weighted by Crippen LogP contribution is 2.26. The van der Waals surface area contributed by atoms with Gasteiger partial charge in [0.05, 0.1) is 11.7 Å². The second kappa shape index (κ2) is 10.7. The molecule has 1 aromatic carbocycles. The summed E-state index contributed by atoms with van der Waals surface area (Å²) < 4.78 is 16.7. The van der Waals surface area contributed by atoms with Crippen LogP contribution < -0.4 is 20.7 Å². The summed E-state index contributed by atoms with van der Waals surface area (Å²) in [7, 11) is 3.39. The summed E-state index contributed by atoms with van der Waals surface area (Å²) in [5.74, 6) is 0.956. The first-order chi connectivity index (χ1) is 15.7. The van der Waals surface area contributed by atoms with Crippen molar-refractivity contribution in [3.05, 3.63) is 35.2 Å². The first kappa shape index (κ1) is 24.5. The van der Waals surface area contributed by atoms with Crippen molar-refractivity contribution < 1.29 is 23.6 Å². The predicted octanol–water partition coefficient (Wildman–Crippen LogP) is 3.03. The molecule has 3 amide bonds. The van der Waals surface area contributed by atoms with Gasteiger partial charge >= 0.3 is 6.03 Å². The Kier molecular flexibility index (Phi) is 7.93. The van der Waals surface area contributed by atoms with Gasteiger partial charge in [0.25, 0.3) is 5.91 Å². The average molecular weight is 460 g/mol. The molecule has 2 aromatic rings. The number of benzene rings is 1. The first-order valence-corrected chi connectivity index (χ1v) is 11.0. The molecule has 3 atom stereocenters. The lowest BCUT2D eigenvalue weighted by Crippen LogP contribution is -2.44. The minimum absolute atomic E-state index is 0.0868. The van der Waals surface area contributed by atoms with E-state index in [1.807, 2.05) is 6.92 Å². The van der Waals surface area contributed by atoms with Crippen LogP contribution in [0.3, 0.4) is 0 Å². The van der Waals surface area contributed by atoms with Gasteiger partial charge in [-0.1, -0.05) is 12.1 Å². The van der Waals surface area contributed by atoms with Crippen molar-refractivity contribution in [2.45, 2.75) is 39.8 Å². The third kappa shape index (κ3) is 6.02. The van der Waals surface area contributed by atoms with E-state index < -0.39 is 6.03 Å². The van der Waals surface area contributed by atoms with Crippen LogP contribution in [0, 0.1) is 19.8 Å². The highest BCUT2D eigenvalue weighted by atomic mass is 16.5. The number of aryl methyl sites for hydroxylation is 2. The Morgan fingerprint density at radius 3 is 2.70 bits per heavy atom. The largest absolute Gasteiger partial charge is 0.491 e. The number of hydrogen-bond acceptors (Lipinski definition) is 7. The van der Waals surface area contributed by atoms with Gasteiger partial charge < -0.3 is 34.8 Å². The zero-order chi connectivity index (χ0) is 24.1. The number of nitrogens with one attached hydrogen (secondary N) is 3. The van der Waals surface area contributed by atoms with Crippen LogP contribution in [0.15, 0.2) is 22.7 Å². The number of urea groups is 1. The number of likely N-dealkylation sites (N-methyl/N-ethyl adjacent to an activating group) is 1. The van der Waals surface area contributed by atoms with Gasteiger partial charge in [-0.2, -0.15) is 0 Å². The van der Waals surface area contributed by atoms with E-state index in [-0.39, 0.29) is 24.0 Å². The number of hydrogen-bond donors (Lipinski definition) is 3. The van der Waals surface area contributed by atoms with Crippen LogP contribution in [-0.4, -0.2) is 68.0 Å². The maximum atomic E-state index is 13.3. The Bertz CT molecular complexity index is 972. The molecule has 2 heterocycles. The molecule has 180 valence electrons. The minimum Gasteiger partial charge on any atom is -0.491 e. The van der Waals surface area contributed by atoms with Crippen molar-refractivity contribution >= 4 is 23.3 Å². The molecule has 0 saturated carbocycles. The summed E-state index contributed by atoms with van der Waals surface area (Å²) in [4.78, 5) is 27.5. The van der Waals surface area contributed by atoms with Gasteiger partial charge in [0, 0.05) is 39.0 Å². The number of aromatic nitrogens is 1. The maximum absolute atomic E-state index is 13.3. The van der Waals surface area contributed by atoms with Crippen LogP contribution >= 0.6 is 0 Å². The summed E-state index contributed by atoms with van der Waals surface area (Å²) in [6.07, 6.45) is -0.121. The van der Waals surface area contributed by atoms with E-state index in [4.69, 9.17) is 14.0 Å². The van der Waals surface area contributed by atoms with Gasteiger partial charge in [0.2, 0.25) is 0 Å². The maximum Gasteiger partial charge on any atom is 0.323 e. The van der Waals surface area contributed by atoms with Gasteiger partial charge in [-0.3, -0.25) is 4.79 Å². The van der Waals surface area contributed by atoms with Crippen LogP contribution in [0.4, 0.5) is 16.2 Å². The van der Waals surface area contributed by atoms with E-state index >= 15 is 0 Å². The Morgan fingerprint density at radius 1 is 1.27 bits per heavy atom. The summed E-state index contributed by atoms with van der Waals surface area (Å²) in [5.41, 5.74) is 1.91. The monoisotopic (exact) mass is 459 g/mol. The lowest BCUT2D eigenvalue weighted by molar-refractivity contribution is 0.0281. The second-order valence-electron chi connectivity index (χ2n) is 8.55. The molecule has 1 aromatic heterocycles. The number of fused-ring (bicyclic) bond motifs is 1. The van der Waals surface area contributed by atoms with E-state index in [1.165, 1.54) is 0 Å². The van der Waals surface area contributed by atoms with E-state index in [1.54, 1.807) is 51.1 Å². The lowest BCUT2D eigenvalue weighted by atomic mass is 10.0. The molecule has 1 aliphatic rings. The van der Waals surface area contributed by atoms with E-state index in [9.17, 15) is 9.59 Å². The van der Waals surface area contributed by atoms with Crippen molar-refractivity contribution in [1.29, 1.82) is 0 Å². The molecule has 3 N–H and O–H groups in total.